The number of ketones is 1. The van der Waals surface area contributed by atoms with Gasteiger partial charge in [-0.1, -0.05) is 0 Å². The summed E-state index contributed by atoms with van der Waals surface area (Å²) in [5.41, 5.74) is 0. The van der Waals surface area contributed by atoms with Crippen molar-refractivity contribution in [1.82, 2.24) is 4.98 Å². The lowest BCUT2D eigenvalue weighted by Crippen LogP contribution is -2.15. The van der Waals surface area contributed by atoms with Gasteiger partial charge in [0.15, 0.2) is 0 Å². The normalized spacial score (nSPS) is 34.1. The summed E-state index contributed by atoms with van der Waals surface area (Å²) in [4.78, 5) is 16.0. The van der Waals surface area contributed by atoms with Gasteiger partial charge in [-0.3, -0.25) is 4.79 Å². The van der Waals surface area contributed by atoms with Gasteiger partial charge in [-0.2, -0.15) is 0 Å². The number of hydrogen-bond acceptors (Lipinski definition) is 3. The van der Waals surface area contributed by atoms with Gasteiger partial charge in [-0.05, 0) is 31.1 Å². The van der Waals surface area contributed by atoms with Crippen LogP contribution in [0.2, 0.25) is 0 Å². The molecule has 2 atom stereocenters. The van der Waals surface area contributed by atoms with Crippen LogP contribution in [-0.4, -0.2) is 10.8 Å². The van der Waals surface area contributed by atoms with Crippen LogP contribution in [0.3, 0.4) is 0 Å². The molecule has 1 aromatic rings. The SMILES string of the molecule is O=C(Cc1nccs1)C1CC2CC2C1. The topological polar surface area (TPSA) is 30.0 Å². The summed E-state index contributed by atoms with van der Waals surface area (Å²) in [5.74, 6) is 2.59. The molecule has 0 aromatic carbocycles. The zero-order valence-corrected chi connectivity index (χ0v) is 8.80. The molecule has 0 spiro atoms. The largest absolute Gasteiger partial charge is 0.299 e. The lowest BCUT2D eigenvalue weighted by atomic mass is 9.96. The zero-order chi connectivity index (χ0) is 9.54. The van der Waals surface area contributed by atoms with Crippen LogP contribution >= 0.6 is 11.3 Å². The Bertz CT molecular complexity index is 336. The maximum absolute atomic E-state index is 11.8. The Kier molecular flexibility index (Phi) is 1.94. The van der Waals surface area contributed by atoms with E-state index >= 15 is 0 Å². The summed E-state index contributed by atoms with van der Waals surface area (Å²) in [6, 6.07) is 0. The van der Waals surface area contributed by atoms with Gasteiger partial charge < -0.3 is 0 Å². The first-order valence-electron chi connectivity index (χ1n) is 5.24. The Balaban J connectivity index is 1.60. The van der Waals surface area contributed by atoms with Crippen molar-refractivity contribution in [3.63, 3.8) is 0 Å². The van der Waals surface area contributed by atoms with E-state index in [1.165, 1.54) is 6.42 Å². The number of nitrogens with zero attached hydrogens (tertiary/aromatic N) is 1. The van der Waals surface area contributed by atoms with Crippen molar-refractivity contribution >= 4 is 17.1 Å². The molecule has 2 unspecified atom stereocenters. The highest BCUT2D eigenvalue weighted by Crippen LogP contribution is 2.54. The minimum absolute atomic E-state index is 0.364. The van der Waals surface area contributed by atoms with E-state index in [0.29, 0.717) is 18.1 Å². The molecule has 0 amide bonds. The smallest absolute Gasteiger partial charge is 0.142 e. The van der Waals surface area contributed by atoms with Crippen molar-refractivity contribution < 1.29 is 4.79 Å². The van der Waals surface area contributed by atoms with E-state index in [9.17, 15) is 4.79 Å². The van der Waals surface area contributed by atoms with Crippen LogP contribution in [0.15, 0.2) is 11.6 Å². The maximum Gasteiger partial charge on any atom is 0.142 e. The van der Waals surface area contributed by atoms with Gasteiger partial charge >= 0.3 is 0 Å². The molecule has 0 bridgehead atoms. The molecule has 14 heavy (non-hydrogen) atoms. The molecule has 2 fully saturated rings. The Labute approximate surface area is 87.4 Å². The van der Waals surface area contributed by atoms with Gasteiger partial charge in [-0.25, -0.2) is 4.98 Å². The Hall–Kier alpha value is -0.700. The van der Waals surface area contributed by atoms with Gasteiger partial charge in [0.1, 0.15) is 5.78 Å². The minimum atomic E-state index is 0.364. The Morgan fingerprint density at radius 1 is 1.43 bits per heavy atom. The summed E-state index contributed by atoms with van der Waals surface area (Å²) < 4.78 is 0. The second kappa shape index (κ2) is 3.16. The number of fused-ring (bicyclic) bond motifs is 1. The standard InChI is InChI=1S/C11H13NOS/c13-10(6-11-12-1-2-14-11)9-4-7-3-8(7)5-9/h1-2,7-9H,3-6H2. The van der Waals surface area contributed by atoms with Crippen LogP contribution in [0.5, 0.6) is 0 Å². The summed E-state index contributed by atoms with van der Waals surface area (Å²) in [5, 5.41) is 2.92. The van der Waals surface area contributed by atoms with Crippen LogP contribution in [0.25, 0.3) is 0 Å². The number of carbonyl (C=O) groups is 1. The summed E-state index contributed by atoms with van der Waals surface area (Å²) >= 11 is 1.59. The predicted molar refractivity (Wildman–Crippen MR) is 55.1 cm³/mol. The number of thiazole rings is 1. The lowest BCUT2D eigenvalue weighted by molar-refractivity contribution is -0.122. The molecule has 3 heteroatoms. The third-order valence-electron chi connectivity index (χ3n) is 3.51. The van der Waals surface area contributed by atoms with Crippen molar-refractivity contribution in [2.75, 3.05) is 0 Å². The minimum Gasteiger partial charge on any atom is -0.299 e. The molecule has 1 heterocycles. The summed E-state index contributed by atoms with van der Waals surface area (Å²) in [6.07, 6.45) is 6.06. The highest BCUT2D eigenvalue weighted by Gasteiger charge is 2.47. The molecule has 2 aliphatic rings. The molecule has 2 nitrogen and oxygen atoms in total. The van der Waals surface area contributed by atoms with Gasteiger partial charge in [-0.15, -0.1) is 11.3 Å². The Morgan fingerprint density at radius 3 is 2.86 bits per heavy atom. The fourth-order valence-electron chi connectivity index (χ4n) is 2.61. The highest BCUT2D eigenvalue weighted by atomic mass is 32.1. The van der Waals surface area contributed by atoms with Crippen LogP contribution < -0.4 is 0 Å². The second-order valence-corrected chi connectivity index (χ2v) is 5.47. The Morgan fingerprint density at radius 2 is 2.21 bits per heavy atom. The van der Waals surface area contributed by atoms with Gasteiger partial charge in [0.25, 0.3) is 0 Å². The van der Waals surface area contributed by atoms with Crippen molar-refractivity contribution in [3.8, 4) is 0 Å². The third kappa shape index (κ3) is 1.50. The first-order valence-corrected chi connectivity index (χ1v) is 6.12. The first-order chi connectivity index (χ1) is 6.83. The quantitative estimate of drug-likeness (QED) is 0.761. The van der Waals surface area contributed by atoms with E-state index < -0.39 is 0 Å². The molecular weight excluding hydrogens is 194 g/mol. The molecule has 74 valence electrons. The average Bonchev–Trinajstić information content (AvgIpc) is 2.68. The number of hydrogen-bond donors (Lipinski definition) is 0. The van der Waals surface area contributed by atoms with Gasteiger partial charge in [0, 0.05) is 17.5 Å². The van der Waals surface area contributed by atoms with Crippen molar-refractivity contribution in [2.45, 2.75) is 25.7 Å². The molecule has 2 aliphatic carbocycles. The van der Waals surface area contributed by atoms with Crippen LogP contribution in [0.4, 0.5) is 0 Å². The molecular formula is C11H13NOS. The summed E-state index contributed by atoms with van der Waals surface area (Å²) in [6.45, 7) is 0. The van der Waals surface area contributed by atoms with Crippen LogP contribution in [0.1, 0.15) is 24.3 Å². The molecule has 0 aliphatic heterocycles. The van der Waals surface area contributed by atoms with Crippen molar-refractivity contribution in [3.05, 3.63) is 16.6 Å². The van der Waals surface area contributed by atoms with E-state index in [1.54, 1.807) is 17.5 Å². The highest BCUT2D eigenvalue weighted by molar-refractivity contribution is 7.09. The molecule has 0 saturated heterocycles. The molecule has 0 N–H and O–H groups in total. The lowest BCUT2D eigenvalue weighted by Gasteiger charge is -2.08. The number of rotatable bonds is 3. The molecule has 2 saturated carbocycles. The predicted octanol–water partition coefficient (Wildman–Crippen LogP) is 2.30. The molecule has 1 aromatic heterocycles. The summed E-state index contributed by atoms with van der Waals surface area (Å²) in [7, 11) is 0. The molecule has 0 radical (unpaired) electrons. The number of aromatic nitrogens is 1. The first kappa shape index (κ1) is 8.60. The van der Waals surface area contributed by atoms with Gasteiger partial charge in [0.05, 0.1) is 11.4 Å². The van der Waals surface area contributed by atoms with E-state index in [1.807, 2.05) is 5.38 Å². The second-order valence-electron chi connectivity index (χ2n) is 4.49. The van der Waals surface area contributed by atoms with E-state index in [2.05, 4.69) is 4.98 Å². The fourth-order valence-corrected chi connectivity index (χ4v) is 3.24. The zero-order valence-electron chi connectivity index (χ0n) is 7.98. The van der Waals surface area contributed by atoms with Crippen molar-refractivity contribution in [2.24, 2.45) is 17.8 Å². The van der Waals surface area contributed by atoms with Crippen LogP contribution in [0, 0.1) is 17.8 Å². The maximum atomic E-state index is 11.8. The number of Topliss-reactive ketones (excluding diaryl/α,β-unsaturated/α-hetero) is 1. The molecule has 3 rings (SSSR count). The third-order valence-corrected chi connectivity index (χ3v) is 4.29. The van der Waals surface area contributed by atoms with E-state index in [4.69, 9.17) is 0 Å². The van der Waals surface area contributed by atoms with E-state index in [0.717, 1.165) is 29.7 Å². The van der Waals surface area contributed by atoms with Crippen molar-refractivity contribution in [1.29, 1.82) is 0 Å². The van der Waals surface area contributed by atoms with Gasteiger partial charge in [0.2, 0.25) is 0 Å². The fraction of sp³-hybridized carbons (Fsp3) is 0.636. The van der Waals surface area contributed by atoms with Crippen LogP contribution in [-0.2, 0) is 11.2 Å². The average molecular weight is 207 g/mol. The number of carbonyl (C=O) groups excluding carboxylic acids is 1. The van der Waals surface area contributed by atoms with E-state index in [-0.39, 0.29) is 0 Å². The monoisotopic (exact) mass is 207 g/mol.